The largest absolute Gasteiger partial charge is 0.478 e. The molecular weight excluding hydrogens is 260 g/mol. The minimum atomic E-state index is -1.16. The number of rotatable bonds is 3. The highest BCUT2D eigenvalue weighted by Gasteiger charge is 2.31. The third kappa shape index (κ3) is 3.59. The molecule has 1 fully saturated rings. The molecule has 6 heteroatoms. The average Bonchev–Trinajstić information content (AvgIpc) is 2.85. The summed E-state index contributed by atoms with van der Waals surface area (Å²) >= 11 is 0. The molecule has 1 aliphatic rings. The number of hydrogen-bond acceptors (Lipinski definition) is 3. The van der Waals surface area contributed by atoms with E-state index in [4.69, 9.17) is 5.11 Å². The monoisotopic (exact) mass is 282 g/mol. The quantitative estimate of drug-likeness (QED) is 0.772. The zero-order valence-electron chi connectivity index (χ0n) is 12.4. The van der Waals surface area contributed by atoms with Crippen LogP contribution in [0.15, 0.2) is 11.1 Å². The molecule has 1 saturated heterocycles. The first kappa shape index (κ1) is 16.2. The Morgan fingerprint density at radius 2 is 1.80 bits per heavy atom. The van der Waals surface area contributed by atoms with E-state index in [9.17, 15) is 14.4 Å². The molecule has 1 rings (SSSR count). The van der Waals surface area contributed by atoms with Gasteiger partial charge in [0.25, 0.3) is 5.91 Å². The summed E-state index contributed by atoms with van der Waals surface area (Å²) in [7, 11) is 0. The van der Waals surface area contributed by atoms with E-state index < -0.39 is 17.9 Å². The van der Waals surface area contributed by atoms with Gasteiger partial charge in [-0.05, 0) is 32.6 Å². The maximum atomic E-state index is 12.1. The third-order valence-electron chi connectivity index (χ3n) is 3.77. The van der Waals surface area contributed by atoms with Gasteiger partial charge in [-0.2, -0.15) is 0 Å². The summed E-state index contributed by atoms with van der Waals surface area (Å²) in [5, 5.41) is 11.1. The van der Waals surface area contributed by atoms with Crippen LogP contribution >= 0.6 is 0 Å². The maximum Gasteiger partial charge on any atom is 0.331 e. The molecule has 0 saturated carbocycles. The Bertz CT molecular complexity index is 454. The smallest absolute Gasteiger partial charge is 0.331 e. The summed E-state index contributed by atoms with van der Waals surface area (Å²) in [6, 6.07) is -0.309. The van der Waals surface area contributed by atoms with Crippen molar-refractivity contribution in [1.82, 2.24) is 10.2 Å². The molecule has 0 radical (unpaired) electrons. The Balaban J connectivity index is 2.74. The second kappa shape index (κ2) is 6.54. The van der Waals surface area contributed by atoms with E-state index in [1.165, 1.54) is 13.8 Å². The van der Waals surface area contributed by atoms with Gasteiger partial charge in [0.15, 0.2) is 0 Å². The number of nitrogens with one attached hydrogen (secondary N) is 1. The number of carboxylic acid groups (broad SMARTS) is 1. The van der Waals surface area contributed by atoms with Crippen LogP contribution in [0.2, 0.25) is 0 Å². The van der Waals surface area contributed by atoms with Gasteiger partial charge in [-0.1, -0.05) is 13.8 Å². The topological polar surface area (TPSA) is 86.7 Å². The van der Waals surface area contributed by atoms with Crippen LogP contribution in [0.4, 0.5) is 4.79 Å². The second-order valence-corrected chi connectivity index (χ2v) is 5.46. The van der Waals surface area contributed by atoms with Crippen molar-refractivity contribution in [3.05, 3.63) is 11.1 Å². The van der Waals surface area contributed by atoms with Crippen molar-refractivity contribution in [2.75, 3.05) is 6.54 Å². The van der Waals surface area contributed by atoms with Crippen molar-refractivity contribution in [2.24, 2.45) is 5.92 Å². The molecule has 6 nitrogen and oxygen atoms in total. The predicted molar refractivity (Wildman–Crippen MR) is 74.1 cm³/mol. The van der Waals surface area contributed by atoms with Gasteiger partial charge in [0.05, 0.1) is 0 Å². The fourth-order valence-corrected chi connectivity index (χ4v) is 2.33. The van der Waals surface area contributed by atoms with E-state index in [1.807, 2.05) is 13.8 Å². The molecule has 20 heavy (non-hydrogen) atoms. The first-order valence-electron chi connectivity index (χ1n) is 6.78. The van der Waals surface area contributed by atoms with Gasteiger partial charge >= 0.3 is 12.0 Å². The number of aliphatic carboxylic acids is 1. The van der Waals surface area contributed by atoms with Crippen LogP contribution in [0.5, 0.6) is 0 Å². The van der Waals surface area contributed by atoms with Crippen molar-refractivity contribution in [1.29, 1.82) is 0 Å². The Morgan fingerprint density at radius 3 is 2.30 bits per heavy atom. The molecule has 0 bridgehead atoms. The molecule has 0 aromatic rings. The lowest BCUT2D eigenvalue weighted by Crippen LogP contribution is -2.47. The number of carboxylic acids is 1. The van der Waals surface area contributed by atoms with Crippen LogP contribution in [-0.2, 0) is 9.59 Å². The van der Waals surface area contributed by atoms with E-state index in [-0.39, 0.29) is 17.2 Å². The van der Waals surface area contributed by atoms with E-state index >= 15 is 0 Å². The summed E-state index contributed by atoms with van der Waals surface area (Å²) in [5.41, 5.74) is -0.0109. The maximum absolute atomic E-state index is 12.1. The van der Waals surface area contributed by atoms with Gasteiger partial charge in [0.2, 0.25) is 0 Å². The zero-order chi connectivity index (χ0) is 15.4. The van der Waals surface area contributed by atoms with Crippen molar-refractivity contribution in [3.8, 4) is 0 Å². The number of urea groups is 1. The number of carbonyl (C=O) groups is 3. The highest BCUT2D eigenvalue weighted by molar-refractivity contribution is 6.07. The minimum Gasteiger partial charge on any atom is -0.478 e. The molecule has 112 valence electrons. The molecule has 3 amide bonds. The highest BCUT2D eigenvalue weighted by atomic mass is 16.4. The summed E-state index contributed by atoms with van der Waals surface area (Å²) in [5.74, 6) is -1.48. The Hall–Kier alpha value is -1.85. The van der Waals surface area contributed by atoms with Crippen LogP contribution in [0.3, 0.4) is 0 Å². The number of amides is 3. The van der Waals surface area contributed by atoms with Crippen molar-refractivity contribution in [2.45, 2.75) is 46.6 Å². The van der Waals surface area contributed by atoms with Crippen molar-refractivity contribution < 1.29 is 19.5 Å². The Labute approximate surface area is 118 Å². The van der Waals surface area contributed by atoms with E-state index in [0.29, 0.717) is 12.5 Å². The van der Waals surface area contributed by atoms with Crippen LogP contribution < -0.4 is 5.32 Å². The molecule has 0 aromatic heterocycles. The normalized spacial score (nSPS) is 19.9. The minimum absolute atomic E-state index is 0.0474. The van der Waals surface area contributed by atoms with Gasteiger partial charge in [0, 0.05) is 23.7 Å². The molecule has 0 aromatic carbocycles. The lowest BCUT2D eigenvalue weighted by molar-refractivity contribution is -0.133. The van der Waals surface area contributed by atoms with Gasteiger partial charge in [-0.3, -0.25) is 10.1 Å². The molecule has 1 heterocycles. The molecular formula is C14H22N2O4. The molecule has 1 atom stereocenters. The highest BCUT2D eigenvalue weighted by Crippen LogP contribution is 2.23. The summed E-state index contributed by atoms with van der Waals surface area (Å²) in [6.45, 7) is 7.45. The standard InChI is InChI=1S/C14H22N2O4/c1-8(2)11-6-5-7-16(11)14(20)15-12(17)9(3)10(4)13(18)19/h8,11H,5-7H2,1-4H3,(H,18,19)(H,15,17,20). The lowest BCUT2D eigenvalue weighted by Gasteiger charge is -2.27. The van der Waals surface area contributed by atoms with Crippen LogP contribution in [0.25, 0.3) is 0 Å². The number of likely N-dealkylation sites (tertiary alicyclic amines) is 1. The van der Waals surface area contributed by atoms with E-state index in [2.05, 4.69) is 5.32 Å². The van der Waals surface area contributed by atoms with Gasteiger partial charge in [-0.15, -0.1) is 0 Å². The Morgan fingerprint density at radius 1 is 1.20 bits per heavy atom. The van der Waals surface area contributed by atoms with Gasteiger partial charge in [-0.25, -0.2) is 9.59 Å². The first-order chi connectivity index (χ1) is 9.25. The number of imide groups is 1. The third-order valence-corrected chi connectivity index (χ3v) is 3.77. The molecule has 1 unspecified atom stereocenters. The number of nitrogens with zero attached hydrogens (tertiary/aromatic N) is 1. The van der Waals surface area contributed by atoms with Crippen LogP contribution in [0, 0.1) is 5.92 Å². The zero-order valence-corrected chi connectivity index (χ0v) is 12.4. The van der Waals surface area contributed by atoms with Crippen molar-refractivity contribution >= 4 is 17.9 Å². The number of carbonyl (C=O) groups excluding carboxylic acids is 2. The summed E-state index contributed by atoms with van der Waals surface area (Å²) < 4.78 is 0. The van der Waals surface area contributed by atoms with E-state index in [0.717, 1.165) is 12.8 Å². The molecule has 0 aliphatic carbocycles. The van der Waals surface area contributed by atoms with Crippen molar-refractivity contribution in [3.63, 3.8) is 0 Å². The van der Waals surface area contributed by atoms with Gasteiger partial charge < -0.3 is 10.0 Å². The molecule has 0 spiro atoms. The van der Waals surface area contributed by atoms with Crippen LogP contribution in [0.1, 0.15) is 40.5 Å². The second-order valence-electron chi connectivity index (χ2n) is 5.46. The molecule has 1 aliphatic heterocycles. The lowest BCUT2D eigenvalue weighted by atomic mass is 10.0. The summed E-state index contributed by atoms with van der Waals surface area (Å²) in [4.78, 5) is 36.4. The average molecular weight is 282 g/mol. The number of hydrogen-bond donors (Lipinski definition) is 2. The summed E-state index contributed by atoms with van der Waals surface area (Å²) in [6.07, 6.45) is 1.86. The van der Waals surface area contributed by atoms with E-state index in [1.54, 1.807) is 4.90 Å². The molecule has 2 N–H and O–H groups in total. The predicted octanol–water partition coefficient (Wildman–Crippen LogP) is 1.76. The first-order valence-corrected chi connectivity index (χ1v) is 6.78. The SMILES string of the molecule is CC(C(=O)O)=C(C)C(=O)NC(=O)N1CCCC1C(C)C. The van der Waals surface area contributed by atoms with Gasteiger partial charge in [0.1, 0.15) is 0 Å². The van der Waals surface area contributed by atoms with Crippen LogP contribution in [-0.4, -0.2) is 40.5 Å². The fraction of sp³-hybridized carbons (Fsp3) is 0.643. The Kier molecular flexibility index (Phi) is 5.30. The fourth-order valence-electron chi connectivity index (χ4n) is 2.33.